The number of carbonyl (C=O) groups excluding carboxylic acids is 2. The molecule has 2 aromatic carbocycles. The predicted octanol–water partition coefficient (Wildman–Crippen LogP) is 1.44. The van der Waals surface area contributed by atoms with Gasteiger partial charge in [-0.25, -0.2) is 12.8 Å². The number of amides is 2. The molecule has 1 atom stereocenters. The van der Waals surface area contributed by atoms with E-state index in [0.29, 0.717) is 24.5 Å². The van der Waals surface area contributed by atoms with Gasteiger partial charge in [-0.15, -0.1) is 0 Å². The molecule has 0 bridgehead atoms. The summed E-state index contributed by atoms with van der Waals surface area (Å²) >= 11 is 0. The highest BCUT2D eigenvalue weighted by Crippen LogP contribution is 2.35. The molecule has 0 aromatic heterocycles. The topological polar surface area (TPSA) is 96.0 Å². The van der Waals surface area contributed by atoms with Gasteiger partial charge >= 0.3 is 0 Å². The van der Waals surface area contributed by atoms with Gasteiger partial charge in [0.2, 0.25) is 21.8 Å². The lowest BCUT2D eigenvalue weighted by Crippen LogP contribution is -2.47. The summed E-state index contributed by atoms with van der Waals surface area (Å²) in [6, 6.07) is 9.58. The zero-order valence-electron chi connectivity index (χ0n) is 17.6. The van der Waals surface area contributed by atoms with Crippen LogP contribution in [-0.4, -0.2) is 56.9 Å². The highest BCUT2D eigenvalue weighted by Gasteiger charge is 2.38. The van der Waals surface area contributed by atoms with E-state index in [2.05, 4.69) is 5.32 Å². The van der Waals surface area contributed by atoms with Crippen molar-refractivity contribution in [3.05, 3.63) is 59.4 Å². The number of ether oxygens (including phenoxy) is 1. The molecule has 0 aliphatic carbocycles. The van der Waals surface area contributed by atoms with E-state index in [9.17, 15) is 22.4 Å². The Kier molecular flexibility index (Phi) is 6.27. The Labute approximate surface area is 186 Å². The van der Waals surface area contributed by atoms with Crippen LogP contribution in [0.25, 0.3) is 0 Å². The number of nitrogens with zero attached hydrogens (tertiary/aromatic N) is 2. The van der Waals surface area contributed by atoms with Gasteiger partial charge in [-0.05, 0) is 41.5 Å². The minimum Gasteiger partial charge on any atom is -0.379 e. The molecule has 32 heavy (non-hydrogen) atoms. The van der Waals surface area contributed by atoms with Gasteiger partial charge in [-0.3, -0.25) is 14.5 Å². The summed E-state index contributed by atoms with van der Waals surface area (Å²) in [6.45, 7) is 2.82. The zero-order chi connectivity index (χ0) is 22.9. The highest BCUT2D eigenvalue weighted by molar-refractivity contribution is 7.89. The first-order valence-electron chi connectivity index (χ1n) is 10.3. The Bertz CT molecular complexity index is 1130. The number of halogens is 1. The number of hydrogen-bond acceptors (Lipinski definition) is 5. The van der Waals surface area contributed by atoms with Gasteiger partial charge in [-0.1, -0.05) is 12.1 Å². The Morgan fingerprint density at radius 3 is 2.47 bits per heavy atom. The molecule has 2 heterocycles. The van der Waals surface area contributed by atoms with Crippen LogP contribution in [0.2, 0.25) is 0 Å². The number of fused-ring (bicyclic) bond motifs is 1. The van der Waals surface area contributed by atoms with Gasteiger partial charge in [0.15, 0.2) is 0 Å². The fourth-order valence-corrected chi connectivity index (χ4v) is 5.49. The van der Waals surface area contributed by atoms with Crippen molar-refractivity contribution in [2.75, 3.05) is 31.2 Å². The second kappa shape index (κ2) is 8.97. The molecule has 170 valence electrons. The monoisotopic (exact) mass is 461 g/mol. The van der Waals surface area contributed by atoms with Crippen molar-refractivity contribution in [3.63, 3.8) is 0 Å². The number of hydrogen-bond donors (Lipinski definition) is 1. The van der Waals surface area contributed by atoms with Crippen molar-refractivity contribution >= 4 is 27.5 Å². The Balaban J connectivity index is 1.54. The van der Waals surface area contributed by atoms with Crippen molar-refractivity contribution in [2.24, 2.45) is 0 Å². The molecule has 1 N–H and O–H groups in total. The van der Waals surface area contributed by atoms with Crippen LogP contribution in [0.4, 0.5) is 10.1 Å². The Morgan fingerprint density at radius 1 is 1.12 bits per heavy atom. The summed E-state index contributed by atoms with van der Waals surface area (Å²) in [7, 11) is -3.69. The quantitative estimate of drug-likeness (QED) is 0.727. The van der Waals surface area contributed by atoms with E-state index >= 15 is 0 Å². The van der Waals surface area contributed by atoms with E-state index in [1.165, 1.54) is 34.3 Å². The van der Waals surface area contributed by atoms with Crippen LogP contribution in [0.1, 0.15) is 18.1 Å². The van der Waals surface area contributed by atoms with Gasteiger partial charge in [0.25, 0.3) is 0 Å². The van der Waals surface area contributed by atoms with Gasteiger partial charge in [0.05, 0.1) is 18.1 Å². The third-order valence-corrected chi connectivity index (χ3v) is 7.56. The number of rotatable bonds is 5. The minimum atomic E-state index is -3.69. The van der Waals surface area contributed by atoms with Crippen LogP contribution in [0.3, 0.4) is 0 Å². The maximum absolute atomic E-state index is 13.1. The zero-order valence-corrected chi connectivity index (χ0v) is 18.4. The highest BCUT2D eigenvalue weighted by atomic mass is 32.2. The minimum absolute atomic E-state index is 0.133. The van der Waals surface area contributed by atoms with Gasteiger partial charge < -0.3 is 10.1 Å². The number of sulfonamides is 1. The van der Waals surface area contributed by atoms with E-state index < -0.39 is 16.1 Å². The van der Waals surface area contributed by atoms with E-state index in [4.69, 9.17) is 4.74 Å². The van der Waals surface area contributed by atoms with Crippen LogP contribution in [-0.2, 0) is 37.3 Å². The predicted molar refractivity (Wildman–Crippen MR) is 115 cm³/mol. The average Bonchev–Trinajstić information content (AvgIpc) is 3.18. The van der Waals surface area contributed by atoms with Gasteiger partial charge in [0.1, 0.15) is 11.9 Å². The molecular weight excluding hydrogens is 437 g/mol. The molecule has 0 unspecified atom stereocenters. The molecule has 1 fully saturated rings. The lowest BCUT2D eigenvalue weighted by molar-refractivity contribution is -0.125. The number of carbonyl (C=O) groups is 2. The van der Waals surface area contributed by atoms with Crippen LogP contribution in [0, 0.1) is 5.82 Å². The fourth-order valence-electron chi connectivity index (χ4n) is 4.03. The standard InChI is InChI=1S/C22H24FN3O5S/c1-15(27)26-20-7-6-19(32(29,30)25-8-10-31-11-9-25)12-17(20)13-21(26)22(28)24-14-16-2-4-18(23)5-3-16/h2-7,12,21H,8-11,13-14H2,1H3,(H,24,28)/t21-/m1/s1. The van der Waals surface area contributed by atoms with Crippen molar-refractivity contribution < 1.29 is 27.1 Å². The molecule has 0 radical (unpaired) electrons. The number of nitrogens with one attached hydrogen (secondary N) is 1. The molecule has 2 aliphatic rings. The van der Waals surface area contributed by atoms with E-state index in [0.717, 1.165) is 5.56 Å². The van der Waals surface area contributed by atoms with E-state index in [-0.39, 0.29) is 48.6 Å². The third kappa shape index (κ3) is 4.38. The largest absolute Gasteiger partial charge is 0.379 e. The first-order valence-corrected chi connectivity index (χ1v) is 11.7. The lowest BCUT2D eigenvalue weighted by atomic mass is 10.1. The SMILES string of the molecule is CC(=O)N1c2ccc(S(=O)(=O)N3CCOCC3)cc2C[C@@H]1C(=O)NCc1ccc(F)cc1. The Morgan fingerprint density at radius 2 is 1.81 bits per heavy atom. The molecule has 8 nitrogen and oxygen atoms in total. The lowest BCUT2D eigenvalue weighted by Gasteiger charge is -2.26. The molecule has 2 amide bonds. The van der Waals surface area contributed by atoms with E-state index in [1.54, 1.807) is 24.3 Å². The summed E-state index contributed by atoms with van der Waals surface area (Å²) in [5.74, 6) is -1.04. The summed E-state index contributed by atoms with van der Waals surface area (Å²) in [6.07, 6.45) is 0.205. The van der Waals surface area contributed by atoms with Crippen LogP contribution in [0.5, 0.6) is 0 Å². The maximum atomic E-state index is 13.1. The smallest absolute Gasteiger partial charge is 0.243 e. The molecular formula is C22H24FN3O5S. The summed E-state index contributed by atoms with van der Waals surface area (Å²) in [4.78, 5) is 26.7. The Hall–Kier alpha value is -2.82. The molecule has 0 saturated carbocycles. The van der Waals surface area contributed by atoms with Crippen LogP contribution < -0.4 is 10.2 Å². The van der Waals surface area contributed by atoms with Crippen molar-refractivity contribution in [1.29, 1.82) is 0 Å². The average molecular weight is 462 g/mol. The molecule has 4 rings (SSSR count). The fraction of sp³-hybridized carbons (Fsp3) is 0.364. The normalized spacial score (nSPS) is 18.9. The maximum Gasteiger partial charge on any atom is 0.243 e. The number of morpholine rings is 1. The summed E-state index contributed by atoms with van der Waals surface area (Å²) < 4.78 is 45.7. The van der Waals surface area contributed by atoms with Crippen LogP contribution in [0.15, 0.2) is 47.4 Å². The number of benzene rings is 2. The molecule has 1 saturated heterocycles. The van der Waals surface area contributed by atoms with Crippen molar-refractivity contribution in [1.82, 2.24) is 9.62 Å². The second-order valence-corrected chi connectivity index (χ2v) is 9.70. The molecule has 0 spiro atoms. The van der Waals surface area contributed by atoms with Crippen molar-refractivity contribution in [2.45, 2.75) is 30.8 Å². The van der Waals surface area contributed by atoms with Gasteiger partial charge in [-0.2, -0.15) is 4.31 Å². The second-order valence-electron chi connectivity index (χ2n) is 7.76. The molecule has 2 aromatic rings. The van der Waals surface area contributed by atoms with Crippen LogP contribution >= 0.6 is 0 Å². The molecule has 10 heteroatoms. The first-order chi connectivity index (χ1) is 15.3. The summed E-state index contributed by atoms with van der Waals surface area (Å²) in [5.41, 5.74) is 1.88. The number of anilines is 1. The first kappa shape index (κ1) is 22.4. The third-order valence-electron chi connectivity index (χ3n) is 5.67. The summed E-state index contributed by atoms with van der Waals surface area (Å²) in [5, 5.41) is 2.78. The molecule has 2 aliphatic heterocycles. The van der Waals surface area contributed by atoms with E-state index in [1.807, 2.05) is 0 Å². The van der Waals surface area contributed by atoms with Crippen molar-refractivity contribution in [3.8, 4) is 0 Å². The van der Waals surface area contributed by atoms with Gasteiger partial charge in [0, 0.05) is 38.7 Å².